The van der Waals surface area contributed by atoms with E-state index in [1.54, 1.807) is 19.1 Å². The number of carbonyl (C=O) groups is 1. The van der Waals surface area contributed by atoms with Gasteiger partial charge >= 0.3 is 5.97 Å². The first kappa shape index (κ1) is 15.8. The van der Waals surface area contributed by atoms with Crippen LogP contribution in [-0.4, -0.2) is 18.0 Å². The average molecular weight is 322 g/mol. The Balaban J connectivity index is 2.28. The van der Waals surface area contributed by atoms with Gasteiger partial charge in [-0.1, -0.05) is 11.6 Å². The van der Waals surface area contributed by atoms with Gasteiger partial charge in [-0.2, -0.15) is 0 Å². The Morgan fingerprint density at radius 3 is 2.55 bits per heavy atom. The number of benzene rings is 2. The third-order valence-electron chi connectivity index (χ3n) is 2.96. The van der Waals surface area contributed by atoms with Gasteiger partial charge in [-0.25, -0.2) is 4.79 Å². The highest BCUT2D eigenvalue weighted by atomic mass is 35.5. The van der Waals surface area contributed by atoms with Crippen molar-refractivity contribution in [2.24, 2.45) is 0 Å². The van der Waals surface area contributed by atoms with Crippen molar-refractivity contribution in [3.05, 3.63) is 62.7 Å². The van der Waals surface area contributed by atoms with E-state index in [2.05, 4.69) is 0 Å². The number of halogens is 1. The zero-order valence-electron chi connectivity index (χ0n) is 11.8. The van der Waals surface area contributed by atoms with Gasteiger partial charge in [-0.3, -0.25) is 10.1 Å². The maximum Gasteiger partial charge on any atom is 0.347 e. The van der Waals surface area contributed by atoms with Crippen LogP contribution in [0.25, 0.3) is 0 Å². The zero-order chi connectivity index (χ0) is 16.3. The van der Waals surface area contributed by atoms with E-state index in [1.165, 1.54) is 31.4 Å². The fraction of sp³-hybridized carbons (Fsp3) is 0.133. The molecule has 0 unspecified atom stereocenters. The highest BCUT2D eigenvalue weighted by Crippen LogP contribution is 2.26. The predicted molar refractivity (Wildman–Crippen MR) is 80.8 cm³/mol. The minimum Gasteiger partial charge on any atom is -0.496 e. The summed E-state index contributed by atoms with van der Waals surface area (Å²) in [6.07, 6.45) is 0. The first-order valence-electron chi connectivity index (χ1n) is 6.23. The van der Waals surface area contributed by atoms with Crippen LogP contribution in [0.2, 0.25) is 5.02 Å². The Labute approximate surface area is 131 Å². The SMILES string of the molecule is COc1ccc(Cl)cc1C(=O)Oc1ccc([N+](=O)[O-])c(C)c1. The van der Waals surface area contributed by atoms with Crippen molar-refractivity contribution >= 4 is 23.3 Å². The Kier molecular flexibility index (Phi) is 4.62. The molecule has 0 bridgehead atoms. The van der Waals surface area contributed by atoms with Crippen LogP contribution in [0.3, 0.4) is 0 Å². The molecular formula is C15H12ClNO5. The third kappa shape index (κ3) is 3.35. The van der Waals surface area contributed by atoms with Gasteiger partial charge < -0.3 is 9.47 Å². The zero-order valence-corrected chi connectivity index (χ0v) is 12.6. The molecule has 0 aromatic heterocycles. The van der Waals surface area contributed by atoms with Gasteiger partial charge in [0.05, 0.1) is 12.0 Å². The number of nitro benzene ring substituents is 1. The number of carbonyl (C=O) groups excluding carboxylic acids is 1. The molecule has 2 rings (SSSR count). The summed E-state index contributed by atoms with van der Waals surface area (Å²) in [6, 6.07) is 8.65. The number of esters is 1. The van der Waals surface area contributed by atoms with E-state index >= 15 is 0 Å². The summed E-state index contributed by atoms with van der Waals surface area (Å²) in [5.74, 6) is -0.129. The molecule has 0 aliphatic rings. The second kappa shape index (κ2) is 6.44. The van der Waals surface area contributed by atoms with E-state index in [0.717, 1.165) is 0 Å². The van der Waals surface area contributed by atoms with Crippen molar-refractivity contribution < 1.29 is 19.2 Å². The fourth-order valence-corrected chi connectivity index (χ4v) is 2.07. The monoisotopic (exact) mass is 321 g/mol. The number of aryl methyl sites for hydroxylation is 1. The predicted octanol–water partition coefficient (Wildman–Crippen LogP) is 3.78. The number of rotatable bonds is 4. The van der Waals surface area contributed by atoms with Crippen LogP contribution in [0, 0.1) is 17.0 Å². The molecule has 0 fully saturated rings. The minimum absolute atomic E-state index is 0.0415. The summed E-state index contributed by atoms with van der Waals surface area (Å²) in [4.78, 5) is 22.4. The molecule has 6 nitrogen and oxygen atoms in total. The van der Waals surface area contributed by atoms with Crippen LogP contribution in [0.1, 0.15) is 15.9 Å². The Morgan fingerprint density at radius 2 is 1.95 bits per heavy atom. The largest absolute Gasteiger partial charge is 0.496 e. The van der Waals surface area contributed by atoms with Gasteiger partial charge in [0.25, 0.3) is 5.69 Å². The number of methoxy groups -OCH3 is 1. The average Bonchev–Trinajstić information content (AvgIpc) is 2.46. The molecule has 0 aliphatic carbocycles. The second-order valence-electron chi connectivity index (χ2n) is 4.44. The normalized spacial score (nSPS) is 10.1. The molecule has 0 heterocycles. The smallest absolute Gasteiger partial charge is 0.347 e. The van der Waals surface area contributed by atoms with Crippen molar-refractivity contribution in [1.82, 2.24) is 0 Å². The molecule has 0 N–H and O–H groups in total. The van der Waals surface area contributed by atoms with Gasteiger partial charge in [0.15, 0.2) is 0 Å². The minimum atomic E-state index is -0.660. The fourth-order valence-electron chi connectivity index (χ4n) is 1.90. The highest BCUT2D eigenvalue weighted by molar-refractivity contribution is 6.31. The summed E-state index contributed by atoms with van der Waals surface area (Å²) in [5, 5.41) is 11.1. The number of hydrogen-bond donors (Lipinski definition) is 0. The molecule has 0 atom stereocenters. The van der Waals surface area contributed by atoms with Crippen LogP contribution in [0.5, 0.6) is 11.5 Å². The molecule has 2 aromatic rings. The maximum absolute atomic E-state index is 12.2. The van der Waals surface area contributed by atoms with E-state index < -0.39 is 10.9 Å². The molecular weight excluding hydrogens is 310 g/mol. The van der Waals surface area contributed by atoms with Crippen molar-refractivity contribution in [1.29, 1.82) is 0 Å². The first-order valence-corrected chi connectivity index (χ1v) is 6.61. The molecule has 0 radical (unpaired) electrons. The maximum atomic E-state index is 12.2. The van der Waals surface area contributed by atoms with Gasteiger partial charge in [-0.15, -0.1) is 0 Å². The van der Waals surface area contributed by atoms with Gasteiger partial charge in [0, 0.05) is 16.7 Å². The first-order chi connectivity index (χ1) is 10.4. The van der Waals surface area contributed by atoms with Crippen LogP contribution >= 0.6 is 11.6 Å². The van der Waals surface area contributed by atoms with E-state index in [9.17, 15) is 14.9 Å². The summed E-state index contributed by atoms with van der Waals surface area (Å²) in [7, 11) is 1.43. The molecule has 0 amide bonds. The lowest BCUT2D eigenvalue weighted by Crippen LogP contribution is -2.10. The number of hydrogen-bond acceptors (Lipinski definition) is 5. The molecule has 114 valence electrons. The van der Waals surface area contributed by atoms with Crippen LogP contribution in [0.4, 0.5) is 5.69 Å². The topological polar surface area (TPSA) is 78.7 Å². The molecule has 2 aromatic carbocycles. The van der Waals surface area contributed by atoms with Crippen molar-refractivity contribution in [2.75, 3.05) is 7.11 Å². The van der Waals surface area contributed by atoms with E-state index in [-0.39, 0.29) is 17.0 Å². The van der Waals surface area contributed by atoms with Crippen LogP contribution < -0.4 is 9.47 Å². The third-order valence-corrected chi connectivity index (χ3v) is 3.19. The molecule has 0 aliphatic heterocycles. The van der Waals surface area contributed by atoms with Gasteiger partial charge in [0.1, 0.15) is 17.1 Å². The molecule has 0 saturated heterocycles. The van der Waals surface area contributed by atoms with Crippen molar-refractivity contribution in [3.63, 3.8) is 0 Å². The quantitative estimate of drug-likeness (QED) is 0.370. The second-order valence-corrected chi connectivity index (χ2v) is 4.88. The van der Waals surface area contributed by atoms with Crippen LogP contribution in [-0.2, 0) is 0 Å². The standard InChI is InChI=1S/C15H12ClNO5/c1-9-7-11(4-5-13(9)17(19)20)22-15(18)12-8-10(16)3-6-14(12)21-2/h3-8H,1-2H3. The number of nitro groups is 1. The number of ether oxygens (including phenoxy) is 2. The van der Waals surface area contributed by atoms with Crippen molar-refractivity contribution in [3.8, 4) is 11.5 Å². The summed E-state index contributed by atoms with van der Waals surface area (Å²) in [5.41, 5.74) is 0.527. The highest BCUT2D eigenvalue weighted by Gasteiger charge is 2.17. The molecule has 7 heteroatoms. The molecule has 0 saturated carbocycles. The lowest BCUT2D eigenvalue weighted by molar-refractivity contribution is -0.385. The lowest BCUT2D eigenvalue weighted by atomic mass is 10.2. The van der Waals surface area contributed by atoms with E-state index in [4.69, 9.17) is 21.1 Å². The summed E-state index contributed by atoms with van der Waals surface area (Å²) < 4.78 is 10.3. The van der Waals surface area contributed by atoms with Gasteiger partial charge in [0.2, 0.25) is 0 Å². The molecule has 0 spiro atoms. The van der Waals surface area contributed by atoms with Crippen LogP contribution in [0.15, 0.2) is 36.4 Å². The van der Waals surface area contributed by atoms with E-state index in [1.807, 2.05) is 0 Å². The Hall–Kier alpha value is -2.60. The Bertz CT molecular complexity index is 745. The Morgan fingerprint density at radius 1 is 1.23 bits per heavy atom. The summed E-state index contributed by atoms with van der Waals surface area (Å²) in [6.45, 7) is 1.56. The summed E-state index contributed by atoms with van der Waals surface area (Å²) >= 11 is 5.86. The van der Waals surface area contributed by atoms with E-state index in [0.29, 0.717) is 16.3 Å². The lowest BCUT2D eigenvalue weighted by Gasteiger charge is -2.09. The molecule has 22 heavy (non-hydrogen) atoms. The van der Waals surface area contributed by atoms with Gasteiger partial charge in [-0.05, 0) is 37.3 Å². The number of nitrogens with zero attached hydrogens (tertiary/aromatic N) is 1. The van der Waals surface area contributed by atoms with Crippen molar-refractivity contribution in [2.45, 2.75) is 6.92 Å².